The first-order chi connectivity index (χ1) is 13.6. The van der Waals surface area contributed by atoms with Crippen molar-refractivity contribution in [3.05, 3.63) is 60.2 Å². The molecule has 8 heteroatoms. The molecule has 0 spiro atoms. The maximum absolute atomic E-state index is 12.0. The summed E-state index contributed by atoms with van der Waals surface area (Å²) in [4.78, 5) is 13.6. The molecule has 1 aromatic heterocycles. The zero-order valence-corrected chi connectivity index (χ0v) is 14.9. The van der Waals surface area contributed by atoms with Crippen molar-refractivity contribution in [1.29, 1.82) is 5.26 Å². The number of rotatable bonds is 5. The number of amides is 1. The minimum atomic E-state index is -0.639. The van der Waals surface area contributed by atoms with Crippen LogP contribution in [0.5, 0.6) is 11.5 Å². The molecule has 1 aliphatic heterocycles. The van der Waals surface area contributed by atoms with E-state index in [1.807, 2.05) is 30.3 Å². The van der Waals surface area contributed by atoms with Gasteiger partial charge in [-0.15, -0.1) is 0 Å². The second-order valence-corrected chi connectivity index (χ2v) is 6.52. The van der Waals surface area contributed by atoms with Crippen LogP contribution in [0.1, 0.15) is 16.4 Å². The lowest BCUT2D eigenvalue weighted by Gasteiger charge is -2.35. The molecule has 140 valence electrons. The predicted molar refractivity (Wildman–Crippen MR) is 103 cm³/mol. The molecule has 8 nitrogen and oxygen atoms in total. The van der Waals surface area contributed by atoms with E-state index in [0.29, 0.717) is 30.1 Å². The summed E-state index contributed by atoms with van der Waals surface area (Å²) in [5.74, 6) is 0.967. The molecule has 28 heavy (non-hydrogen) atoms. The number of aromatic nitrogens is 2. The van der Waals surface area contributed by atoms with E-state index < -0.39 is 5.91 Å². The van der Waals surface area contributed by atoms with Crippen molar-refractivity contribution >= 4 is 11.7 Å². The number of benzene rings is 2. The predicted octanol–water partition coefficient (Wildman–Crippen LogP) is 2.36. The van der Waals surface area contributed by atoms with Gasteiger partial charge < -0.3 is 21.1 Å². The minimum Gasteiger partial charge on any atom is -0.457 e. The van der Waals surface area contributed by atoms with Gasteiger partial charge in [-0.1, -0.05) is 18.2 Å². The van der Waals surface area contributed by atoms with Crippen LogP contribution in [0.15, 0.2) is 54.6 Å². The fraction of sp³-hybridized carbons (Fsp3) is 0.150. The number of likely N-dealkylation sites (tertiary alicyclic amines) is 1. The van der Waals surface area contributed by atoms with E-state index in [4.69, 9.17) is 21.5 Å². The Bertz CT molecular complexity index is 1050. The third kappa shape index (κ3) is 3.10. The van der Waals surface area contributed by atoms with Crippen molar-refractivity contribution in [2.75, 3.05) is 18.8 Å². The van der Waals surface area contributed by atoms with Crippen LogP contribution < -0.4 is 16.2 Å². The van der Waals surface area contributed by atoms with Crippen LogP contribution >= 0.6 is 0 Å². The number of ether oxygens (including phenoxy) is 1. The first kappa shape index (κ1) is 17.4. The van der Waals surface area contributed by atoms with Gasteiger partial charge in [-0.3, -0.25) is 4.79 Å². The first-order valence-corrected chi connectivity index (χ1v) is 8.72. The molecule has 1 aliphatic rings. The summed E-state index contributed by atoms with van der Waals surface area (Å²) in [5, 5.41) is 13.4. The SMILES string of the molecule is N#CN1CC(n2nc(-c3ccc(Oc4ccccc4)cc3)c(C(N)=O)c2N)C1. The highest BCUT2D eigenvalue weighted by Crippen LogP contribution is 2.33. The van der Waals surface area contributed by atoms with Crippen molar-refractivity contribution in [3.8, 4) is 28.9 Å². The topological polar surface area (TPSA) is 123 Å². The number of nitriles is 1. The molecule has 4 rings (SSSR count). The second-order valence-electron chi connectivity index (χ2n) is 6.52. The molecule has 0 unspecified atom stereocenters. The van der Waals surface area contributed by atoms with Gasteiger partial charge in [0.2, 0.25) is 0 Å². The number of carbonyl (C=O) groups excluding carboxylic acids is 1. The van der Waals surface area contributed by atoms with Gasteiger partial charge in [0, 0.05) is 5.56 Å². The smallest absolute Gasteiger partial charge is 0.254 e. The fourth-order valence-corrected chi connectivity index (χ4v) is 3.17. The molecule has 2 heterocycles. The van der Waals surface area contributed by atoms with Gasteiger partial charge in [0.1, 0.15) is 28.6 Å². The van der Waals surface area contributed by atoms with Crippen molar-refractivity contribution in [1.82, 2.24) is 14.7 Å². The van der Waals surface area contributed by atoms with Crippen LogP contribution in [0.25, 0.3) is 11.3 Å². The lowest BCUT2D eigenvalue weighted by Crippen LogP contribution is -2.45. The van der Waals surface area contributed by atoms with Gasteiger partial charge >= 0.3 is 0 Å². The Labute approximate surface area is 161 Å². The largest absolute Gasteiger partial charge is 0.457 e. The van der Waals surface area contributed by atoms with Crippen LogP contribution in [-0.4, -0.2) is 33.7 Å². The molecule has 0 saturated carbocycles. The number of carbonyl (C=O) groups is 1. The number of nitrogens with zero attached hydrogens (tertiary/aromatic N) is 4. The monoisotopic (exact) mass is 374 g/mol. The van der Waals surface area contributed by atoms with Gasteiger partial charge in [-0.2, -0.15) is 10.4 Å². The van der Waals surface area contributed by atoms with E-state index in [9.17, 15) is 4.79 Å². The molecule has 2 aromatic carbocycles. The van der Waals surface area contributed by atoms with E-state index in [1.54, 1.807) is 33.8 Å². The molecule has 0 bridgehead atoms. The summed E-state index contributed by atoms with van der Waals surface area (Å²) in [6.45, 7) is 1.01. The Morgan fingerprint density at radius 3 is 2.36 bits per heavy atom. The summed E-state index contributed by atoms with van der Waals surface area (Å²) in [5.41, 5.74) is 13.0. The third-order valence-corrected chi connectivity index (χ3v) is 4.65. The Morgan fingerprint density at radius 2 is 1.75 bits per heavy atom. The molecule has 1 saturated heterocycles. The van der Waals surface area contributed by atoms with Gasteiger partial charge in [0.25, 0.3) is 5.91 Å². The van der Waals surface area contributed by atoms with Crippen molar-refractivity contribution in [2.45, 2.75) is 6.04 Å². The molecular formula is C20H18N6O2. The van der Waals surface area contributed by atoms with E-state index in [1.165, 1.54) is 0 Å². The zero-order valence-electron chi connectivity index (χ0n) is 14.9. The number of para-hydroxylation sites is 1. The number of anilines is 1. The van der Waals surface area contributed by atoms with Crippen LogP contribution in [0, 0.1) is 11.5 Å². The molecule has 0 aliphatic carbocycles. The van der Waals surface area contributed by atoms with Gasteiger partial charge in [0.15, 0.2) is 6.19 Å². The second kappa shape index (κ2) is 6.96. The highest BCUT2D eigenvalue weighted by molar-refractivity contribution is 6.03. The molecular weight excluding hydrogens is 356 g/mol. The van der Waals surface area contributed by atoms with Crippen LogP contribution in [0.3, 0.4) is 0 Å². The molecule has 3 aromatic rings. The van der Waals surface area contributed by atoms with Crippen LogP contribution in [0.2, 0.25) is 0 Å². The number of nitrogen functional groups attached to an aromatic ring is 1. The average molecular weight is 374 g/mol. The average Bonchev–Trinajstić information content (AvgIpc) is 3.00. The lowest BCUT2D eigenvalue weighted by molar-refractivity contribution is 0.100. The Morgan fingerprint density at radius 1 is 1.11 bits per heavy atom. The summed E-state index contributed by atoms with van der Waals surface area (Å²) < 4.78 is 7.37. The highest BCUT2D eigenvalue weighted by Gasteiger charge is 2.32. The zero-order chi connectivity index (χ0) is 19.7. The summed E-state index contributed by atoms with van der Waals surface area (Å²) >= 11 is 0. The summed E-state index contributed by atoms with van der Waals surface area (Å²) in [7, 11) is 0. The first-order valence-electron chi connectivity index (χ1n) is 8.72. The molecule has 0 atom stereocenters. The van der Waals surface area contributed by atoms with Crippen molar-refractivity contribution in [3.63, 3.8) is 0 Å². The lowest BCUT2D eigenvalue weighted by atomic mass is 10.1. The normalized spacial score (nSPS) is 13.6. The van der Waals surface area contributed by atoms with Gasteiger partial charge in [-0.25, -0.2) is 4.68 Å². The maximum Gasteiger partial charge on any atom is 0.254 e. The number of hydrogen-bond acceptors (Lipinski definition) is 6. The van der Waals surface area contributed by atoms with Crippen LogP contribution in [0.4, 0.5) is 5.82 Å². The van der Waals surface area contributed by atoms with E-state index in [-0.39, 0.29) is 17.4 Å². The standard InChI is InChI=1S/C20H18N6O2/c21-12-25-10-14(11-25)26-19(22)17(20(23)27)18(24-26)13-6-8-16(9-7-13)28-15-4-2-1-3-5-15/h1-9,14H,10-11,22H2,(H2,23,27). The van der Waals surface area contributed by atoms with Crippen molar-refractivity contribution < 1.29 is 9.53 Å². The molecule has 1 amide bonds. The van der Waals surface area contributed by atoms with Gasteiger partial charge in [-0.05, 0) is 36.4 Å². The summed E-state index contributed by atoms with van der Waals surface area (Å²) in [6.07, 6.45) is 2.07. The van der Waals surface area contributed by atoms with Crippen LogP contribution in [-0.2, 0) is 0 Å². The summed E-state index contributed by atoms with van der Waals surface area (Å²) in [6, 6.07) is 16.6. The van der Waals surface area contributed by atoms with E-state index >= 15 is 0 Å². The molecule has 1 fully saturated rings. The minimum absolute atomic E-state index is 0.0628. The van der Waals surface area contributed by atoms with Crippen molar-refractivity contribution in [2.24, 2.45) is 5.73 Å². The molecule has 4 N–H and O–H groups in total. The molecule has 0 radical (unpaired) electrons. The quantitative estimate of drug-likeness (QED) is 0.661. The Kier molecular flexibility index (Phi) is 4.33. The Balaban J connectivity index is 1.63. The number of primary amides is 1. The number of nitrogens with two attached hydrogens (primary N) is 2. The number of hydrogen-bond donors (Lipinski definition) is 2. The van der Waals surface area contributed by atoms with Gasteiger partial charge in [0.05, 0.1) is 19.1 Å². The van der Waals surface area contributed by atoms with E-state index in [0.717, 1.165) is 5.75 Å². The highest BCUT2D eigenvalue weighted by atomic mass is 16.5. The maximum atomic E-state index is 12.0. The van der Waals surface area contributed by atoms with E-state index in [2.05, 4.69) is 11.3 Å². The Hall–Kier alpha value is -3.99. The third-order valence-electron chi connectivity index (χ3n) is 4.65. The fourth-order valence-electron chi connectivity index (χ4n) is 3.17.